The van der Waals surface area contributed by atoms with Gasteiger partial charge in [-0.05, 0) is 33.6 Å². The molecule has 1 aromatic heterocycles. The molecule has 0 aliphatic heterocycles. The van der Waals surface area contributed by atoms with E-state index in [-0.39, 0.29) is 5.54 Å². The molecule has 0 unspecified atom stereocenters. The van der Waals surface area contributed by atoms with E-state index in [0.717, 1.165) is 25.9 Å². The highest BCUT2D eigenvalue weighted by Gasteiger charge is 2.08. The van der Waals surface area contributed by atoms with Gasteiger partial charge in [0, 0.05) is 30.4 Å². The lowest BCUT2D eigenvalue weighted by Gasteiger charge is -2.21. The summed E-state index contributed by atoms with van der Waals surface area (Å²) in [6.07, 6.45) is 8.51. The Morgan fingerprint density at radius 2 is 2.11 bits per heavy atom. The van der Waals surface area contributed by atoms with Crippen molar-refractivity contribution in [3.05, 3.63) is 23.5 Å². The first-order valence-corrected chi connectivity index (χ1v) is 6.91. The zero-order valence-electron chi connectivity index (χ0n) is 12.5. The average Bonchev–Trinajstić information content (AvgIpc) is 2.71. The number of aryl methyl sites for hydroxylation is 1. The standard InChI is InChI=1S/C15H27N3/c1-6-8-18-12-14(11-17-18)9-13(7-2)10-16-15(3,4)5/h9,11-12,16H,6-8,10H2,1-5H3/b13-9-. The molecule has 0 saturated carbocycles. The molecule has 1 N–H and O–H groups in total. The maximum Gasteiger partial charge on any atom is 0.0562 e. The number of rotatable bonds is 6. The predicted molar refractivity (Wildman–Crippen MR) is 78.5 cm³/mol. The number of nitrogens with one attached hydrogen (secondary N) is 1. The first-order valence-electron chi connectivity index (χ1n) is 6.91. The van der Waals surface area contributed by atoms with Crippen molar-refractivity contribution >= 4 is 6.08 Å². The number of nitrogens with zero attached hydrogens (tertiary/aromatic N) is 2. The molecule has 18 heavy (non-hydrogen) atoms. The van der Waals surface area contributed by atoms with E-state index < -0.39 is 0 Å². The van der Waals surface area contributed by atoms with Crippen LogP contribution in [0.15, 0.2) is 18.0 Å². The maximum absolute atomic E-state index is 4.35. The Hall–Kier alpha value is -1.09. The van der Waals surface area contributed by atoms with Crippen LogP contribution in [0.25, 0.3) is 6.08 Å². The third kappa shape index (κ3) is 5.50. The van der Waals surface area contributed by atoms with E-state index in [0.29, 0.717) is 0 Å². The van der Waals surface area contributed by atoms with Crippen LogP contribution in [0.3, 0.4) is 0 Å². The lowest BCUT2D eigenvalue weighted by Crippen LogP contribution is -2.36. The second kappa shape index (κ2) is 6.74. The summed E-state index contributed by atoms with van der Waals surface area (Å²) < 4.78 is 2.01. The topological polar surface area (TPSA) is 29.9 Å². The monoisotopic (exact) mass is 249 g/mol. The SMILES string of the molecule is CCCn1cc(/C=C(/CC)CNC(C)(C)C)cn1. The fourth-order valence-electron chi connectivity index (χ4n) is 1.70. The van der Waals surface area contributed by atoms with Crippen LogP contribution >= 0.6 is 0 Å². The molecule has 0 saturated heterocycles. The third-order valence-electron chi connectivity index (χ3n) is 2.78. The molecule has 0 spiro atoms. The number of aromatic nitrogens is 2. The lowest BCUT2D eigenvalue weighted by atomic mass is 10.1. The Bertz CT molecular complexity index is 383. The van der Waals surface area contributed by atoms with Gasteiger partial charge in [-0.2, -0.15) is 5.10 Å². The molecule has 1 aromatic rings. The minimum atomic E-state index is 0.167. The second-order valence-corrected chi connectivity index (χ2v) is 5.80. The van der Waals surface area contributed by atoms with Crippen molar-refractivity contribution in [1.82, 2.24) is 15.1 Å². The normalized spacial score (nSPS) is 13.1. The average molecular weight is 249 g/mol. The van der Waals surface area contributed by atoms with E-state index in [4.69, 9.17) is 0 Å². The van der Waals surface area contributed by atoms with Crippen LogP contribution in [0, 0.1) is 0 Å². The van der Waals surface area contributed by atoms with E-state index in [1.54, 1.807) is 0 Å². The Morgan fingerprint density at radius 3 is 2.67 bits per heavy atom. The Balaban J connectivity index is 2.65. The van der Waals surface area contributed by atoms with Crippen LogP contribution in [-0.4, -0.2) is 21.9 Å². The van der Waals surface area contributed by atoms with Gasteiger partial charge in [-0.3, -0.25) is 4.68 Å². The van der Waals surface area contributed by atoms with Gasteiger partial charge in [0.2, 0.25) is 0 Å². The van der Waals surface area contributed by atoms with Gasteiger partial charge in [0.15, 0.2) is 0 Å². The van der Waals surface area contributed by atoms with E-state index in [2.05, 4.69) is 57.3 Å². The van der Waals surface area contributed by atoms with Crippen LogP contribution in [0.1, 0.15) is 53.0 Å². The van der Waals surface area contributed by atoms with Crippen LogP contribution in [0.4, 0.5) is 0 Å². The van der Waals surface area contributed by atoms with Crippen molar-refractivity contribution < 1.29 is 0 Å². The van der Waals surface area contributed by atoms with Crippen LogP contribution in [-0.2, 0) is 6.54 Å². The van der Waals surface area contributed by atoms with E-state index in [9.17, 15) is 0 Å². The van der Waals surface area contributed by atoms with E-state index in [1.165, 1.54) is 11.1 Å². The molecule has 0 bridgehead atoms. The quantitative estimate of drug-likeness (QED) is 0.836. The molecule has 0 aromatic carbocycles. The Kier molecular flexibility index (Phi) is 5.60. The van der Waals surface area contributed by atoms with Crippen molar-refractivity contribution in [1.29, 1.82) is 0 Å². The molecule has 0 amide bonds. The van der Waals surface area contributed by atoms with Gasteiger partial charge in [-0.15, -0.1) is 0 Å². The second-order valence-electron chi connectivity index (χ2n) is 5.80. The van der Waals surface area contributed by atoms with Gasteiger partial charge in [0.05, 0.1) is 6.20 Å². The highest BCUT2D eigenvalue weighted by Crippen LogP contribution is 2.10. The maximum atomic E-state index is 4.35. The predicted octanol–water partition coefficient (Wildman–Crippen LogP) is 3.47. The minimum Gasteiger partial charge on any atom is -0.308 e. The molecule has 3 nitrogen and oxygen atoms in total. The first kappa shape index (κ1) is 15.0. The summed E-state index contributed by atoms with van der Waals surface area (Å²) in [5.41, 5.74) is 2.79. The van der Waals surface area contributed by atoms with Crippen molar-refractivity contribution in [3.63, 3.8) is 0 Å². The van der Waals surface area contributed by atoms with E-state index >= 15 is 0 Å². The smallest absolute Gasteiger partial charge is 0.0562 e. The zero-order valence-corrected chi connectivity index (χ0v) is 12.5. The van der Waals surface area contributed by atoms with Gasteiger partial charge in [-0.25, -0.2) is 0 Å². The summed E-state index contributed by atoms with van der Waals surface area (Å²) in [6, 6.07) is 0. The molecule has 3 heteroatoms. The summed E-state index contributed by atoms with van der Waals surface area (Å²) in [4.78, 5) is 0. The van der Waals surface area contributed by atoms with Crippen LogP contribution in [0.5, 0.6) is 0 Å². The molecule has 0 fully saturated rings. The highest BCUT2D eigenvalue weighted by molar-refractivity contribution is 5.51. The lowest BCUT2D eigenvalue weighted by molar-refractivity contribution is 0.443. The van der Waals surface area contributed by atoms with Crippen molar-refractivity contribution in [2.75, 3.05) is 6.54 Å². The van der Waals surface area contributed by atoms with Crippen molar-refractivity contribution in [3.8, 4) is 0 Å². The molecule has 1 rings (SSSR count). The molecule has 1 heterocycles. The number of hydrogen-bond donors (Lipinski definition) is 1. The summed E-state index contributed by atoms with van der Waals surface area (Å²) in [5, 5.41) is 7.88. The molecule has 0 radical (unpaired) electrons. The summed E-state index contributed by atoms with van der Waals surface area (Å²) in [7, 11) is 0. The van der Waals surface area contributed by atoms with Crippen LogP contribution in [0.2, 0.25) is 0 Å². The van der Waals surface area contributed by atoms with Gasteiger partial charge in [0.1, 0.15) is 0 Å². The van der Waals surface area contributed by atoms with Gasteiger partial charge in [-0.1, -0.05) is 25.5 Å². The van der Waals surface area contributed by atoms with E-state index in [1.807, 2.05) is 10.9 Å². The fourth-order valence-corrected chi connectivity index (χ4v) is 1.70. The molecule has 102 valence electrons. The van der Waals surface area contributed by atoms with Crippen molar-refractivity contribution in [2.24, 2.45) is 0 Å². The first-order chi connectivity index (χ1) is 8.44. The molecular weight excluding hydrogens is 222 g/mol. The Morgan fingerprint density at radius 1 is 1.39 bits per heavy atom. The van der Waals surface area contributed by atoms with Crippen LogP contribution < -0.4 is 5.32 Å². The minimum absolute atomic E-state index is 0.167. The number of hydrogen-bond acceptors (Lipinski definition) is 2. The third-order valence-corrected chi connectivity index (χ3v) is 2.78. The summed E-state index contributed by atoms with van der Waals surface area (Å²) >= 11 is 0. The van der Waals surface area contributed by atoms with Gasteiger partial charge < -0.3 is 5.32 Å². The Labute approximate surface area is 111 Å². The summed E-state index contributed by atoms with van der Waals surface area (Å²) in [6.45, 7) is 12.9. The van der Waals surface area contributed by atoms with Crippen molar-refractivity contribution in [2.45, 2.75) is 59.5 Å². The zero-order chi connectivity index (χ0) is 13.6. The largest absolute Gasteiger partial charge is 0.308 e. The highest BCUT2D eigenvalue weighted by atomic mass is 15.3. The molecule has 0 aliphatic carbocycles. The molecule has 0 atom stereocenters. The van der Waals surface area contributed by atoms with Gasteiger partial charge >= 0.3 is 0 Å². The molecular formula is C15H27N3. The van der Waals surface area contributed by atoms with Gasteiger partial charge in [0.25, 0.3) is 0 Å². The fraction of sp³-hybridized carbons (Fsp3) is 0.667. The summed E-state index contributed by atoms with van der Waals surface area (Å²) in [5.74, 6) is 0. The molecule has 0 aliphatic rings.